The molecule has 8 heteroatoms. The lowest BCUT2D eigenvalue weighted by Crippen LogP contribution is -2.48. The first-order valence-corrected chi connectivity index (χ1v) is 11.2. The third kappa shape index (κ3) is 7.17. The van der Waals surface area contributed by atoms with Crippen LogP contribution in [0.4, 0.5) is 4.39 Å². The molecule has 0 aliphatic heterocycles. The molecule has 2 unspecified atom stereocenters. The van der Waals surface area contributed by atoms with E-state index in [0.717, 1.165) is 25.7 Å². The summed E-state index contributed by atoms with van der Waals surface area (Å²) < 4.78 is 13.8. The van der Waals surface area contributed by atoms with Gasteiger partial charge in [-0.05, 0) is 42.2 Å². The van der Waals surface area contributed by atoms with E-state index in [1.165, 1.54) is 24.6 Å². The van der Waals surface area contributed by atoms with Gasteiger partial charge in [-0.15, -0.1) is 0 Å². The minimum absolute atomic E-state index is 0.157. The lowest BCUT2D eigenvalue weighted by atomic mass is 9.71. The summed E-state index contributed by atoms with van der Waals surface area (Å²) in [6.45, 7) is 0. The number of amides is 2. The fourth-order valence-corrected chi connectivity index (χ4v) is 4.29. The van der Waals surface area contributed by atoms with Gasteiger partial charge in [-0.3, -0.25) is 9.59 Å². The molecule has 2 aromatic carbocycles. The number of halogens is 1. The highest BCUT2D eigenvalue weighted by molar-refractivity contribution is 6.43. The average Bonchev–Trinajstić information content (AvgIpc) is 2.79. The lowest BCUT2D eigenvalue weighted by Gasteiger charge is -2.27. The van der Waals surface area contributed by atoms with E-state index in [2.05, 4.69) is 10.6 Å². The molecule has 0 spiro atoms. The van der Waals surface area contributed by atoms with Crippen molar-refractivity contribution in [2.75, 3.05) is 0 Å². The van der Waals surface area contributed by atoms with Crippen molar-refractivity contribution in [3.05, 3.63) is 71.5 Å². The molecule has 1 aliphatic rings. The molecule has 3 rings (SSSR count). The van der Waals surface area contributed by atoms with Crippen LogP contribution in [0.1, 0.15) is 66.9 Å². The Morgan fingerprint density at radius 3 is 2.38 bits per heavy atom. The third-order valence-electron chi connectivity index (χ3n) is 6.00. The number of rotatable bonds is 9. The van der Waals surface area contributed by atoms with Gasteiger partial charge in [0.2, 0.25) is 5.91 Å². The summed E-state index contributed by atoms with van der Waals surface area (Å²) in [4.78, 5) is 25.5. The van der Waals surface area contributed by atoms with Crippen molar-refractivity contribution in [1.82, 2.24) is 10.6 Å². The normalized spacial score (nSPS) is 16.1. The Kier molecular flexibility index (Phi) is 8.82. The highest BCUT2D eigenvalue weighted by atomic mass is 19.1. The van der Waals surface area contributed by atoms with E-state index in [1.54, 1.807) is 36.4 Å². The van der Waals surface area contributed by atoms with E-state index in [-0.39, 0.29) is 12.3 Å². The smallest absolute Gasteiger partial charge is 0.426 e. The van der Waals surface area contributed by atoms with Crippen molar-refractivity contribution >= 4 is 18.9 Å². The highest BCUT2D eigenvalue weighted by Crippen LogP contribution is 2.28. The van der Waals surface area contributed by atoms with E-state index < -0.39 is 30.8 Å². The Bertz CT molecular complexity index is 891. The quantitative estimate of drug-likeness (QED) is 0.451. The summed E-state index contributed by atoms with van der Waals surface area (Å²) >= 11 is 0. The van der Waals surface area contributed by atoms with Gasteiger partial charge in [0.05, 0.1) is 18.4 Å². The van der Waals surface area contributed by atoms with Crippen LogP contribution in [0.3, 0.4) is 0 Å². The summed E-state index contributed by atoms with van der Waals surface area (Å²) in [5.74, 6) is -1.74. The number of hydrogen-bond acceptors (Lipinski definition) is 4. The van der Waals surface area contributed by atoms with Gasteiger partial charge in [-0.2, -0.15) is 0 Å². The molecule has 1 saturated carbocycles. The van der Waals surface area contributed by atoms with Crippen LogP contribution in [-0.2, 0) is 4.79 Å². The first kappa shape index (κ1) is 23.9. The van der Waals surface area contributed by atoms with Crippen LogP contribution < -0.4 is 10.6 Å². The Labute approximate surface area is 188 Å². The van der Waals surface area contributed by atoms with Crippen LogP contribution in [0.25, 0.3) is 0 Å². The third-order valence-corrected chi connectivity index (χ3v) is 6.00. The van der Waals surface area contributed by atoms with Crippen molar-refractivity contribution in [3.63, 3.8) is 0 Å². The maximum absolute atomic E-state index is 13.8. The van der Waals surface area contributed by atoms with Crippen molar-refractivity contribution in [1.29, 1.82) is 0 Å². The maximum Gasteiger partial charge on any atom is 0.475 e. The minimum Gasteiger partial charge on any atom is -0.426 e. The predicted molar refractivity (Wildman–Crippen MR) is 121 cm³/mol. The van der Waals surface area contributed by atoms with Crippen LogP contribution in [0.2, 0.25) is 0 Å². The van der Waals surface area contributed by atoms with Gasteiger partial charge >= 0.3 is 7.12 Å². The number of nitrogens with one attached hydrogen (secondary N) is 2. The Morgan fingerprint density at radius 2 is 1.72 bits per heavy atom. The first-order valence-electron chi connectivity index (χ1n) is 11.2. The first-order chi connectivity index (χ1) is 15.4. The van der Waals surface area contributed by atoms with Gasteiger partial charge in [0.15, 0.2) is 0 Å². The zero-order valence-electron chi connectivity index (χ0n) is 18.0. The number of benzene rings is 2. The molecule has 1 aliphatic carbocycles. The number of hydrogen-bond donors (Lipinski definition) is 4. The van der Waals surface area contributed by atoms with Crippen molar-refractivity contribution in [2.45, 2.75) is 56.9 Å². The number of carbonyl (C=O) groups excluding carboxylic acids is 2. The van der Waals surface area contributed by atoms with Crippen molar-refractivity contribution in [3.8, 4) is 0 Å². The minimum atomic E-state index is -1.67. The van der Waals surface area contributed by atoms with Crippen LogP contribution in [0.15, 0.2) is 54.6 Å². The summed E-state index contributed by atoms with van der Waals surface area (Å²) in [5, 5.41) is 25.1. The summed E-state index contributed by atoms with van der Waals surface area (Å²) in [5.41, 5.74) is 0.882. The van der Waals surface area contributed by atoms with Crippen molar-refractivity contribution < 1.29 is 24.0 Å². The standard InChI is InChI=1S/C24H30BFN2O4/c26-20-13-7-12-19(15-20)21(27-24(30)18-10-5-2-6-11-18)16-23(29)28-22(25(31)32)14-17-8-3-1-4-9-17/h2,5-7,10-13,15,17,21-22,31-32H,1,3-4,8-9,14,16H2,(H,27,30)(H,28,29). The molecule has 6 nitrogen and oxygen atoms in total. The molecule has 0 aromatic heterocycles. The molecule has 2 amide bonds. The van der Waals surface area contributed by atoms with Gasteiger partial charge < -0.3 is 20.7 Å². The topological polar surface area (TPSA) is 98.7 Å². The molecule has 0 radical (unpaired) electrons. The van der Waals surface area contributed by atoms with Gasteiger partial charge in [0.25, 0.3) is 5.91 Å². The van der Waals surface area contributed by atoms with Crippen LogP contribution in [0.5, 0.6) is 0 Å². The summed E-state index contributed by atoms with van der Waals surface area (Å²) in [7, 11) is -1.67. The van der Waals surface area contributed by atoms with E-state index in [0.29, 0.717) is 23.5 Å². The largest absolute Gasteiger partial charge is 0.475 e. The van der Waals surface area contributed by atoms with Crippen LogP contribution in [-0.4, -0.2) is 34.9 Å². The van der Waals surface area contributed by atoms with E-state index in [9.17, 15) is 24.0 Å². The Morgan fingerprint density at radius 1 is 1.00 bits per heavy atom. The predicted octanol–water partition coefficient (Wildman–Crippen LogP) is 3.15. The molecule has 2 aromatic rings. The molecule has 0 bridgehead atoms. The molecule has 32 heavy (non-hydrogen) atoms. The second-order valence-electron chi connectivity index (χ2n) is 8.48. The number of carbonyl (C=O) groups is 2. The molecule has 170 valence electrons. The molecular weight excluding hydrogens is 410 g/mol. The second kappa shape index (κ2) is 11.8. The molecule has 1 fully saturated rings. The van der Waals surface area contributed by atoms with Gasteiger partial charge in [-0.1, -0.05) is 62.4 Å². The fraction of sp³-hybridized carbons (Fsp3) is 0.417. The zero-order chi connectivity index (χ0) is 22.9. The SMILES string of the molecule is O=C(CC(NC(=O)c1ccccc1)c1cccc(F)c1)NC(CC1CCCCC1)B(O)O. The summed E-state index contributed by atoms with van der Waals surface area (Å²) in [6, 6.07) is 13.5. The second-order valence-corrected chi connectivity index (χ2v) is 8.48. The molecule has 2 atom stereocenters. The lowest BCUT2D eigenvalue weighted by molar-refractivity contribution is -0.122. The van der Waals surface area contributed by atoms with E-state index in [1.807, 2.05) is 0 Å². The fourth-order valence-electron chi connectivity index (χ4n) is 4.29. The maximum atomic E-state index is 13.8. The molecular formula is C24H30BFN2O4. The van der Waals surface area contributed by atoms with Crippen molar-refractivity contribution in [2.24, 2.45) is 5.92 Å². The van der Waals surface area contributed by atoms with Gasteiger partial charge in [0.1, 0.15) is 5.82 Å². The molecule has 0 heterocycles. The molecule has 0 saturated heterocycles. The van der Waals surface area contributed by atoms with Crippen LogP contribution >= 0.6 is 0 Å². The Hall–Kier alpha value is -2.71. The zero-order valence-corrected chi connectivity index (χ0v) is 18.0. The average molecular weight is 440 g/mol. The highest BCUT2D eigenvalue weighted by Gasteiger charge is 2.30. The van der Waals surface area contributed by atoms with Crippen LogP contribution in [0, 0.1) is 11.7 Å². The molecule has 4 N–H and O–H groups in total. The Balaban J connectivity index is 1.69. The van der Waals surface area contributed by atoms with Gasteiger partial charge in [-0.25, -0.2) is 4.39 Å². The van der Waals surface area contributed by atoms with E-state index in [4.69, 9.17) is 0 Å². The summed E-state index contributed by atoms with van der Waals surface area (Å²) in [6.07, 6.45) is 5.77. The van der Waals surface area contributed by atoms with Gasteiger partial charge in [0, 0.05) is 5.56 Å². The monoisotopic (exact) mass is 440 g/mol. The van der Waals surface area contributed by atoms with E-state index >= 15 is 0 Å².